The van der Waals surface area contributed by atoms with E-state index in [9.17, 15) is 8.78 Å². The fourth-order valence-corrected chi connectivity index (χ4v) is 1.92. The van der Waals surface area contributed by atoms with Gasteiger partial charge in [-0.15, -0.1) is 0 Å². The normalized spacial score (nSPS) is 10.6. The van der Waals surface area contributed by atoms with E-state index in [4.69, 9.17) is 0 Å². The third-order valence-electron chi connectivity index (χ3n) is 3.00. The van der Waals surface area contributed by atoms with Crippen LogP contribution in [0.5, 0.6) is 0 Å². The van der Waals surface area contributed by atoms with Crippen molar-refractivity contribution < 1.29 is 8.78 Å². The van der Waals surface area contributed by atoms with E-state index < -0.39 is 11.6 Å². The van der Waals surface area contributed by atoms with Crippen LogP contribution in [0.15, 0.2) is 18.2 Å². The number of anilines is 1. The third-order valence-corrected chi connectivity index (χ3v) is 3.00. The first-order valence-corrected chi connectivity index (χ1v) is 6.07. The number of rotatable bonds is 3. The number of hydrogen-bond acceptors (Lipinski definition) is 3. The van der Waals surface area contributed by atoms with E-state index >= 15 is 0 Å². The fraction of sp³-hybridized carbons (Fsp3) is 0.286. The van der Waals surface area contributed by atoms with Crippen LogP contribution in [-0.2, 0) is 6.42 Å². The highest BCUT2D eigenvalue weighted by atomic mass is 19.2. The fourth-order valence-electron chi connectivity index (χ4n) is 1.92. The number of hydrogen-bond donors (Lipinski definition) is 1. The number of aromatic nitrogens is 2. The van der Waals surface area contributed by atoms with Gasteiger partial charge in [0.05, 0.1) is 0 Å². The molecule has 3 nitrogen and oxygen atoms in total. The van der Waals surface area contributed by atoms with Crippen molar-refractivity contribution in [1.82, 2.24) is 9.97 Å². The molecule has 0 atom stereocenters. The largest absolute Gasteiger partial charge is 0.373 e. The van der Waals surface area contributed by atoms with E-state index in [0.717, 1.165) is 29.8 Å². The first-order chi connectivity index (χ1) is 9.06. The topological polar surface area (TPSA) is 37.8 Å². The van der Waals surface area contributed by atoms with Crippen molar-refractivity contribution in [3.05, 3.63) is 41.1 Å². The molecule has 5 heteroatoms. The molecule has 0 bridgehead atoms. The molecule has 0 saturated heterocycles. The average Bonchev–Trinajstić information content (AvgIpc) is 2.42. The molecule has 0 amide bonds. The summed E-state index contributed by atoms with van der Waals surface area (Å²) in [5.41, 5.74) is 2.32. The predicted octanol–water partition coefficient (Wildman–Crippen LogP) is 3.33. The second-order valence-electron chi connectivity index (χ2n) is 4.20. The van der Waals surface area contributed by atoms with Crippen molar-refractivity contribution in [2.24, 2.45) is 0 Å². The third kappa shape index (κ3) is 2.54. The van der Waals surface area contributed by atoms with Gasteiger partial charge in [0.25, 0.3) is 0 Å². The highest BCUT2D eigenvalue weighted by Crippen LogP contribution is 2.23. The summed E-state index contributed by atoms with van der Waals surface area (Å²) in [6, 6.07) is 3.67. The van der Waals surface area contributed by atoms with Gasteiger partial charge in [-0.25, -0.2) is 18.7 Å². The summed E-state index contributed by atoms with van der Waals surface area (Å²) in [6.45, 7) is 3.92. The quantitative estimate of drug-likeness (QED) is 0.923. The van der Waals surface area contributed by atoms with E-state index in [1.807, 2.05) is 13.8 Å². The summed E-state index contributed by atoms with van der Waals surface area (Å²) < 4.78 is 26.2. The Morgan fingerprint density at radius 1 is 1.16 bits per heavy atom. The van der Waals surface area contributed by atoms with Crippen LogP contribution in [0.4, 0.5) is 14.6 Å². The molecule has 2 aromatic rings. The summed E-state index contributed by atoms with van der Waals surface area (Å²) in [6.07, 6.45) is 0.750. The van der Waals surface area contributed by atoms with E-state index in [1.54, 1.807) is 7.05 Å². The monoisotopic (exact) mass is 263 g/mol. The second-order valence-corrected chi connectivity index (χ2v) is 4.20. The molecule has 0 aliphatic heterocycles. The lowest BCUT2D eigenvalue weighted by atomic mass is 10.1. The molecule has 1 aromatic heterocycles. The van der Waals surface area contributed by atoms with Gasteiger partial charge in [-0.05, 0) is 31.5 Å². The minimum atomic E-state index is -0.897. The molecular formula is C14H15F2N3. The van der Waals surface area contributed by atoms with Crippen molar-refractivity contribution >= 4 is 5.82 Å². The molecule has 1 aromatic carbocycles. The van der Waals surface area contributed by atoms with Gasteiger partial charge in [-0.2, -0.15) is 0 Å². The van der Waals surface area contributed by atoms with E-state index in [2.05, 4.69) is 15.3 Å². The molecular weight excluding hydrogens is 248 g/mol. The highest BCUT2D eigenvalue weighted by Gasteiger charge is 2.12. The number of halogens is 2. The van der Waals surface area contributed by atoms with Crippen LogP contribution in [0.2, 0.25) is 0 Å². The Labute approximate surface area is 110 Å². The Morgan fingerprint density at radius 2 is 1.89 bits per heavy atom. The maximum atomic E-state index is 13.3. The average molecular weight is 263 g/mol. The molecule has 0 aliphatic carbocycles. The van der Waals surface area contributed by atoms with Crippen LogP contribution >= 0.6 is 0 Å². The number of benzene rings is 1. The van der Waals surface area contributed by atoms with Crippen molar-refractivity contribution in [3.63, 3.8) is 0 Å². The zero-order valence-corrected chi connectivity index (χ0v) is 11.1. The second kappa shape index (κ2) is 5.30. The van der Waals surface area contributed by atoms with Gasteiger partial charge in [-0.1, -0.05) is 6.92 Å². The van der Waals surface area contributed by atoms with E-state index in [0.29, 0.717) is 17.2 Å². The first-order valence-electron chi connectivity index (χ1n) is 6.07. The number of nitrogens with zero attached hydrogens (tertiary/aromatic N) is 2. The predicted molar refractivity (Wildman–Crippen MR) is 71.0 cm³/mol. The van der Waals surface area contributed by atoms with Crippen molar-refractivity contribution in [2.45, 2.75) is 20.3 Å². The molecule has 2 rings (SSSR count). The summed E-state index contributed by atoms with van der Waals surface area (Å²) in [7, 11) is 1.77. The molecule has 0 spiro atoms. The lowest BCUT2D eigenvalue weighted by molar-refractivity contribution is 0.509. The van der Waals surface area contributed by atoms with Crippen LogP contribution in [0.25, 0.3) is 11.4 Å². The molecule has 0 aliphatic rings. The van der Waals surface area contributed by atoms with Gasteiger partial charge < -0.3 is 5.32 Å². The Balaban J connectivity index is 2.58. The minimum Gasteiger partial charge on any atom is -0.373 e. The van der Waals surface area contributed by atoms with Crippen LogP contribution in [0, 0.1) is 18.6 Å². The molecule has 1 heterocycles. The summed E-state index contributed by atoms with van der Waals surface area (Å²) in [4.78, 5) is 8.73. The smallest absolute Gasteiger partial charge is 0.161 e. The Hall–Kier alpha value is -2.04. The molecule has 19 heavy (non-hydrogen) atoms. The van der Waals surface area contributed by atoms with Crippen molar-refractivity contribution in [3.8, 4) is 11.4 Å². The molecule has 0 radical (unpaired) electrons. The van der Waals surface area contributed by atoms with E-state index in [-0.39, 0.29) is 0 Å². The molecule has 0 unspecified atom stereocenters. The standard InChI is InChI=1S/C14H15F2N3/c1-4-12-8(2)13(17-3)19-14(18-12)9-5-6-10(15)11(16)7-9/h5-7H,4H2,1-3H3,(H,17,18,19). The van der Waals surface area contributed by atoms with Gasteiger partial charge in [-0.3, -0.25) is 0 Å². The molecule has 100 valence electrons. The van der Waals surface area contributed by atoms with Crippen LogP contribution in [0.1, 0.15) is 18.2 Å². The molecule has 0 fully saturated rings. The zero-order chi connectivity index (χ0) is 14.0. The molecule has 1 N–H and O–H groups in total. The van der Waals surface area contributed by atoms with Gasteiger partial charge in [0.15, 0.2) is 17.5 Å². The molecule has 0 saturated carbocycles. The Morgan fingerprint density at radius 3 is 2.47 bits per heavy atom. The lowest BCUT2D eigenvalue weighted by Crippen LogP contribution is -2.04. The van der Waals surface area contributed by atoms with Gasteiger partial charge in [0.1, 0.15) is 5.82 Å². The van der Waals surface area contributed by atoms with Crippen molar-refractivity contribution in [2.75, 3.05) is 12.4 Å². The SMILES string of the molecule is CCc1nc(-c2ccc(F)c(F)c2)nc(NC)c1C. The van der Waals surface area contributed by atoms with Gasteiger partial charge in [0, 0.05) is 23.9 Å². The van der Waals surface area contributed by atoms with Crippen LogP contribution in [0.3, 0.4) is 0 Å². The van der Waals surface area contributed by atoms with E-state index in [1.165, 1.54) is 6.07 Å². The number of aryl methyl sites for hydroxylation is 1. The summed E-state index contributed by atoms with van der Waals surface area (Å²) in [5.74, 6) is -0.677. The Bertz CT molecular complexity index is 587. The zero-order valence-electron chi connectivity index (χ0n) is 11.1. The van der Waals surface area contributed by atoms with Crippen LogP contribution in [-0.4, -0.2) is 17.0 Å². The lowest BCUT2D eigenvalue weighted by Gasteiger charge is -2.11. The highest BCUT2D eigenvalue weighted by molar-refractivity contribution is 5.59. The summed E-state index contributed by atoms with van der Waals surface area (Å²) >= 11 is 0. The minimum absolute atomic E-state index is 0.394. The van der Waals surface area contributed by atoms with Gasteiger partial charge >= 0.3 is 0 Å². The van der Waals surface area contributed by atoms with Crippen LogP contribution < -0.4 is 5.32 Å². The first kappa shape index (κ1) is 13.4. The Kier molecular flexibility index (Phi) is 3.74. The van der Waals surface area contributed by atoms with Crippen molar-refractivity contribution in [1.29, 1.82) is 0 Å². The maximum Gasteiger partial charge on any atom is 0.161 e. The maximum absolute atomic E-state index is 13.3. The number of nitrogens with one attached hydrogen (secondary N) is 1. The van der Waals surface area contributed by atoms with Gasteiger partial charge in [0.2, 0.25) is 0 Å². The summed E-state index contributed by atoms with van der Waals surface area (Å²) in [5, 5.41) is 2.99.